The van der Waals surface area contributed by atoms with Crippen LogP contribution in [0.2, 0.25) is 0 Å². The minimum Gasteiger partial charge on any atom is -0.808 e. The van der Waals surface area contributed by atoms with Crippen molar-refractivity contribution < 1.29 is 86.0 Å². The van der Waals surface area contributed by atoms with Gasteiger partial charge in [-0.1, -0.05) is 21.2 Å². The fraction of sp³-hybridized carbons (Fsp3) is 0.231. The van der Waals surface area contributed by atoms with Crippen molar-refractivity contribution in [3.05, 3.63) is 60.2 Å². The van der Waals surface area contributed by atoms with E-state index in [1.165, 1.54) is 0 Å². The molecule has 0 aliphatic heterocycles. The summed E-state index contributed by atoms with van der Waals surface area (Å²) < 4.78 is 0. The molecule has 1 N–H and O–H groups in total. The molecular weight excluding hydrogens is 321 g/mol. The first-order chi connectivity index (χ1) is 7.70. The summed E-state index contributed by atoms with van der Waals surface area (Å²) in [5.41, 5.74) is 1.14. The first-order valence-corrected chi connectivity index (χ1v) is 6.61. The van der Waals surface area contributed by atoms with E-state index in [-0.39, 0.29) is 82.1 Å². The molecule has 0 aliphatic rings. The van der Waals surface area contributed by atoms with Crippen molar-refractivity contribution in [2.24, 2.45) is 0 Å². The fourth-order valence-electron chi connectivity index (χ4n) is 1.38. The van der Waals surface area contributed by atoms with Crippen LogP contribution in [0.4, 0.5) is 0 Å². The molecule has 0 fully saturated rings. The molecule has 19 heavy (non-hydrogen) atoms. The molecule has 0 spiro atoms. The summed E-state index contributed by atoms with van der Waals surface area (Å²) in [6.45, 7) is 1.96. The monoisotopic (exact) mass is 337 g/mol. The van der Waals surface area contributed by atoms with Crippen LogP contribution in [0.5, 0.6) is 0 Å². The average Bonchev–Trinajstić information content (AvgIpc) is 2.94. The molecule has 0 saturated carbocycles. The zero-order chi connectivity index (χ0) is 11.8. The van der Waals surface area contributed by atoms with Crippen molar-refractivity contribution in [2.45, 2.75) is 12.8 Å². The molecule has 2 aromatic rings. The van der Waals surface area contributed by atoms with Gasteiger partial charge in [-0.15, -0.1) is 0 Å². The van der Waals surface area contributed by atoms with E-state index in [2.05, 4.69) is 0 Å². The van der Waals surface area contributed by atoms with Crippen LogP contribution >= 0.6 is 8.38 Å². The first-order valence-electron chi connectivity index (χ1n) is 5.22. The molecule has 0 saturated heterocycles. The summed E-state index contributed by atoms with van der Waals surface area (Å²) in [4.78, 5) is 19.1. The van der Waals surface area contributed by atoms with Crippen molar-refractivity contribution >= 4 is 8.38 Å². The van der Waals surface area contributed by atoms with Gasteiger partial charge >= 0.3 is 59.1 Å². The van der Waals surface area contributed by atoms with Crippen LogP contribution in [0.3, 0.4) is 0 Å². The van der Waals surface area contributed by atoms with Crippen molar-refractivity contribution in [2.75, 3.05) is 6.16 Å². The van der Waals surface area contributed by atoms with E-state index >= 15 is 0 Å². The molecule has 2 atom stereocenters. The summed E-state index contributed by atoms with van der Waals surface area (Å²) in [7, 11) is -1.99. The molecule has 0 heterocycles. The molecule has 2 unspecified atom stereocenters. The first kappa shape index (κ1) is 25.5. The van der Waals surface area contributed by atoms with E-state index in [0.29, 0.717) is 6.16 Å². The van der Waals surface area contributed by atoms with E-state index in [4.69, 9.17) is 4.89 Å². The van der Waals surface area contributed by atoms with Gasteiger partial charge in [0, 0.05) is 17.1 Å². The topological polar surface area (TPSA) is 43.3 Å². The summed E-state index contributed by atoms with van der Waals surface area (Å²) >= 11 is 0. The summed E-state index contributed by atoms with van der Waals surface area (Å²) in [5.74, 6) is 0.193. The molecule has 96 valence electrons. The van der Waals surface area contributed by atoms with Gasteiger partial charge in [0.2, 0.25) is 0 Å². The van der Waals surface area contributed by atoms with E-state index < -0.39 is 8.38 Å². The normalized spacial score (nSPS) is 11.5. The Morgan fingerprint density at radius 1 is 1.16 bits per heavy atom. The maximum atomic E-state index is 10.5. The third kappa shape index (κ3) is 13.0. The van der Waals surface area contributed by atoms with Crippen molar-refractivity contribution in [3.63, 3.8) is 0 Å². The van der Waals surface area contributed by atoms with Crippen LogP contribution in [0, 0.1) is 0 Å². The molecule has 2 rings (SSSR count). The van der Waals surface area contributed by atoms with E-state index in [1.54, 1.807) is 0 Å². The number of rotatable bonds is 3. The Labute approximate surface area is 171 Å². The Hall–Kier alpha value is 1.57. The molecule has 2 nitrogen and oxygen atoms in total. The molecule has 0 aliphatic carbocycles. The second kappa shape index (κ2) is 15.9. The van der Waals surface area contributed by atoms with Gasteiger partial charge in [-0.3, -0.25) is 0 Å². The Kier molecular flexibility index (Phi) is 21.4. The quantitative estimate of drug-likeness (QED) is 0.360. The average molecular weight is 337 g/mol. The van der Waals surface area contributed by atoms with E-state index in [9.17, 15) is 4.89 Å². The minimum atomic E-state index is -1.99. The number of hydrogen-bond donors (Lipinski definition) is 1. The van der Waals surface area contributed by atoms with Crippen molar-refractivity contribution in [3.8, 4) is 0 Å². The molecular formula is C13H16FeNa2O2P-. The van der Waals surface area contributed by atoms with Crippen LogP contribution < -0.4 is 64.0 Å². The standard InChI is InChI=1S/C8H11O2P.C5H5.Fe.2Na/c1-7(6-11(9)10)8-4-2-3-5-8;1-2-4-5-3-1;;;/h2-5,7,9H,6H2,1H3;1-5H;;;/q-2;-1;;2*+1. The van der Waals surface area contributed by atoms with Crippen LogP contribution in [0.25, 0.3) is 0 Å². The molecule has 2 aromatic carbocycles. The van der Waals surface area contributed by atoms with Crippen LogP contribution in [-0.2, 0) is 17.1 Å². The van der Waals surface area contributed by atoms with Gasteiger partial charge in [-0.05, 0) is 6.16 Å². The van der Waals surface area contributed by atoms with Gasteiger partial charge < -0.3 is 9.79 Å². The SMILES string of the molecule is CC(CP([O-])O)[c-]1cccc1.[Fe].[Na+].[Na+].c1cc[cH-]c1. The van der Waals surface area contributed by atoms with Gasteiger partial charge in [0.15, 0.2) is 0 Å². The Morgan fingerprint density at radius 3 is 1.95 bits per heavy atom. The smallest absolute Gasteiger partial charge is 0.808 e. The second-order valence-corrected chi connectivity index (χ2v) is 4.69. The van der Waals surface area contributed by atoms with Crippen LogP contribution in [-0.4, -0.2) is 11.1 Å². The van der Waals surface area contributed by atoms with Crippen molar-refractivity contribution in [1.82, 2.24) is 0 Å². The zero-order valence-corrected chi connectivity index (χ0v) is 17.6. The molecule has 0 amide bonds. The van der Waals surface area contributed by atoms with Gasteiger partial charge in [0.1, 0.15) is 0 Å². The predicted molar refractivity (Wildman–Crippen MR) is 66.5 cm³/mol. The Bertz CT molecular complexity index is 335. The maximum absolute atomic E-state index is 10.5. The summed E-state index contributed by atoms with van der Waals surface area (Å²) in [5, 5.41) is 0. The largest absolute Gasteiger partial charge is 1.00 e. The molecule has 6 heteroatoms. The fourth-order valence-corrected chi connectivity index (χ4v) is 2.06. The van der Waals surface area contributed by atoms with Crippen LogP contribution in [0.15, 0.2) is 54.6 Å². The molecule has 0 radical (unpaired) electrons. The Balaban J connectivity index is -0.000000277. The number of hydrogen-bond acceptors (Lipinski definition) is 2. The van der Waals surface area contributed by atoms with Gasteiger partial charge in [-0.2, -0.15) is 35.9 Å². The minimum absolute atomic E-state index is 0. The zero-order valence-electron chi connectivity index (χ0n) is 11.6. The molecule has 0 aromatic heterocycles. The summed E-state index contributed by atoms with van der Waals surface area (Å²) in [6.07, 6.45) is 0.360. The second-order valence-electron chi connectivity index (χ2n) is 3.62. The predicted octanol–water partition coefficient (Wildman–Crippen LogP) is -3.42. The third-order valence-electron chi connectivity index (χ3n) is 2.24. The van der Waals surface area contributed by atoms with E-state index in [1.807, 2.05) is 61.5 Å². The van der Waals surface area contributed by atoms with Crippen LogP contribution in [0.1, 0.15) is 18.4 Å². The van der Waals surface area contributed by atoms with E-state index in [0.717, 1.165) is 5.56 Å². The molecule has 0 bridgehead atoms. The van der Waals surface area contributed by atoms with Gasteiger partial charge in [0.25, 0.3) is 0 Å². The Morgan fingerprint density at radius 2 is 1.63 bits per heavy atom. The van der Waals surface area contributed by atoms with Crippen molar-refractivity contribution in [1.29, 1.82) is 0 Å². The summed E-state index contributed by atoms with van der Waals surface area (Å²) in [6, 6.07) is 17.8. The van der Waals surface area contributed by atoms with Gasteiger partial charge in [-0.25, -0.2) is 24.3 Å². The third-order valence-corrected chi connectivity index (χ3v) is 3.10. The van der Waals surface area contributed by atoms with Gasteiger partial charge in [0.05, 0.1) is 0 Å². The maximum Gasteiger partial charge on any atom is 1.00 e.